The maximum atomic E-state index is 12.2. The molecule has 2 rings (SSSR count). The van der Waals surface area contributed by atoms with Crippen LogP contribution in [0.5, 0.6) is 0 Å². The first-order chi connectivity index (χ1) is 7.72. The molecule has 96 valence electrons. The third-order valence-corrected chi connectivity index (χ3v) is 3.59. The van der Waals surface area contributed by atoms with Crippen LogP contribution < -0.4 is 5.73 Å². The highest BCUT2D eigenvalue weighted by Crippen LogP contribution is 2.17. The molecule has 1 atom stereocenters. The molecule has 17 heavy (non-hydrogen) atoms. The summed E-state index contributed by atoms with van der Waals surface area (Å²) in [6.07, 6.45) is 2.74. The Kier molecular flexibility index (Phi) is 5.30. The largest absolute Gasteiger partial charge is 0.336 e. The smallest absolute Gasteiger partial charge is 0.267 e. The van der Waals surface area contributed by atoms with Crippen molar-refractivity contribution >= 4 is 29.8 Å². The molecule has 2 N–H and O–H groups in total. The summed E-state index contributed by atoms with van der Waals surface area (Å²) in [5.74, 6) is 0.0435. The molecular formula is C10H17ClN4OS. The van der Waals surface area contributed by atoms with E-state index in [1.807, 2.05) is 11.8 Å². The van der Waals surface area contributed by atoms with Gasteiger partial charge in [-0.25, -0.2) is 0 Å². The highest BCUT2D eigenvalue weighted by Gasteiger charge is 2.25. The van der Waals surface area contributed by atoms with E-state index < -0.39 is 0 Å². The normalized spacial score (nSPS) is 19.9. The van der Waals surface area contributed by atoms with Gasteiger partial charge in [0.05, 0.1) is 5.69 Å². The minimum atomic E-state index is 0. The molecule has 0 aliphatic carbocycles. The number of hydrogen-bond donors (Lipinski definition) is 1. The Morgan fingerprint density at radius 1 is 1.65 bits per heavy atom. The minimum Gasteiger partial charge on any atom is -0.336 e. The Labute approximate surface area is 111 Å². The van der Waals surface area contributed by atoms with Crippen molar-refractivity contribution in [3.05, 3.63) is 10.6 Å². The first kappa shape index (κ1) is 14.3. The van der Waals surface area contributed by atoms with Gasteiger partial charge in [-0.15, -0.1) is 17.5 Å². The number of hydrogen-bond acceptors (Lipinski definition) is 5. The Hall–Kier alpha value is -0.720. The summed E-state index contributed by atoms with van der Waals surface area (Å²) < 4.78 is 3.84. The van der Waals surface area contributed by atoms with Crippen LogP contribution in [0.2, 0.25) is 0 Å². The summed E-state index contributed by atoms with van der Waals surface area (Å²) in [5, 5.41) is 3.96. The number of aryl methyl sites for hydroxylation is 1. The second kappa shape index (κ2) is 6.28. The molecule has 1 aliphatic rings. The molecule has 7 heteroatoms. The molecule has 2 heterocycles. The summed E-state index contributed by atoms with van der Waals surface area (Å²) in [4.78, 5) is 14.7. The SMILES string of the molecule is CCc1nnsc1C(=O)N1CCC[C@@H](N)C1.Cl. The number of nitrogens with zero attached hydrogens (tertiary/aromatic N) is 3. The highest BCUT2D eigenvalue weighted by molar-refractivity contribution is 7.08. The molecule has 0 unspecified atom stereocenters. The van der Waals surface area contributed by atoms with Gasteiger partial charge in [0.25, 0.3) is 5.91 Å². The van der Waals surface area contributed by atoms with E-state index in [0.717, 1.165) is 31.5 Å². The molecule has 1 aliphatic heterocycles. The molecular weight excluding hydrogens is 260 g/mol. The van der Waals surface area contributed by atoms with E-state index in [0.29, 0.717) is 11.4 Å². The second-order valence-electron chi connectivity index (χ2n) is 4.06. The van der Waals surface area contributed by atoms with E-state index in [4.69, 9.17) is 5.73 Å². The van der Waals surface area contributed by atoms with Gasteiger partial charge in [0.2, 0.25) is 0 Å². The lowest BCUT2D eigenvalue weighted by atomic mass is 10.1. The van der Waals surface area contributed by atoms with Gasteiger partial charge in [0.1, 0.15) is 4.88 Å². The molecule has 0 spiro atoms. The van der Waals surface area contributed by atoms with Crippen molar-refractivity contribution < 1.29 is 4.79 Å². The molecule has 1 saturated heterocycles. The minimum absolute atomic E-state index is 0. The lowest BCUT2D eigenvalue weighted by Gasteiger charge is -2.30. The number of amides is 1. The number of piperidine rings is 1. The predicted octanol–water partition coefficient (Wildman–Crippen LogP) is 1.09. The molecule has 0 radical (unpaired) electrons. The topological polar surface area (TPSA) is 72.1 Å². The zero-order chi connectivity index (χ0) is 11.5. The van der Waals surface area contributed by atoms with E-state index >= 15 is 0 Å². The maximum Gasteiger partial charge on any atom is 0.267 e. The number of likely N-dealkylation sites (tertiary alicyclic amines) is 1. The average Bonchev–Trinajstić information content (AvgIpc) is 2.76. The van der Waals surface area contributed by atoms with Crippen LogP contribution in [0.3, 0.4) is 0 Å². The Balaban J connectivity index is 0.00000144. The monoisotopic (exact) mass is 276 g/mol. The van der Waals surface area contributed by atoms with Crippen molar-refractivity contribution in [2.75, 3.05) is 13.1 Å². The quantitative estimate of drug-likeness (QED) is 0.878. The fourth-order valence-electron chi connectivity index (χ4n) is 1.94. The van der Waals surface area contributed by atoms with Crippen LogP contribution in [-0.4, -0.2) is 39.5 Å². The molecule has 1 fully saturated rings. The van der Waals surface area contributed by atoms with Gasteiger partial charge in [-0.2, -0.15) is 0 Å². The van der Waals surface area contributed by atoms with E-state index in [2.05, 4.69) is 9.59 Å². The average molecular weight is 277 g/mol. The number of halogens is 1. The Bertz CT molecular complexity index is 384. The van der Waals surface area contributed by atoms with Gasteiger partial charge in [-0.05, 0) is 30.8 Å². The van der Waals surface area contributed by atoms with Gasteiger partial charge in [0.15, 0.2) is 0 Å². The lowest BCUT2D eigenvalue weighted by molar-refractivity contribution is 0.0712. The first-order valence-corrected chi connectivity index (χ1v) is 6.35. The van der Waals surface area contributed by atoms with Crippen LogP contribution in [0.25, 0.3) is 0 Å². The molecule has 0 saturated carbocycles. The van der Waals surface area contributed by atoms with Crippen molar-refractivity contribution in [2.24, 2.45) is 5.73 Å². The molecule has 0 aromatic carbocycles. The zero-order valence-corrected chi connectivity index (χ0v) is 11.4. The predicted molar refractivity (Wildman–Crippen MR) is 69.6 cm³/mol. The van der Waals surface area contributed by atoms with Crippen LogP contribution >= 0.6 is 23.9 Å². The number of nitrogens with two attached hydrogens (primary N) is 1. The third-order valence-electron chi connectivity index (χ3n) is 2.83. The van der Waals surface area contributed by atoms with Crippen LogP contribution in [-0.2, 0) is 6.42 Å². The summed E-state index contributed by atoms with van der Waals surface area (Å²) in [6, 6.07) is 0.114. The van der Waals surface area contributed by atoms with Crippen molar-refractivity contribution in [1.29, 1.82) is 0 Å². The molecule has 0 bridgehead atoms. The van der Waals surface area contributed by atoms with Gasteiger partial charge in [0, 0.05) is 19.1 Å². The van der Waals surface area contributed by atoms with E-state index in [9.17, 15) is 4.79 Å². The van der Waals surface area contributed by atoms with E-state index in [1.54, 1.807) is 0 Å². The van der Waals surface area contributed by atoms with Gasteiger partial charge >= 0.3 is 0 Å². The molecule has 1 aromatic heterocycles. The van der Waals surface area contributed by atoms with Gasteiger partial charge < -0.3 is 10.6 Å². The molecule has 1 aromatic rings. The van der Waals surface area contributed by atoms with Gasteiger partial charge in [-0.3, -0.25) is 4.79 Å². The summed E-state index contributed by atoms with van der Waals surface area (Å²) in [5.41, 5.74) is 6.67. The Morgan fingerprint density at radius 2 is 2.41 bits per heavy atom. The van der Waals surface area contributed by atoms with E-state index in [-0.39, 0.29) is 24.4 Å². The fourth-order valence-corrected chi connectivity index (χ4v) is 2.66. The van der Waals surface area contributed by atoms with E-state index in [1.165, 1.54) is 11.5 Å². The van der Waals surface area contributed by atoms with Crippen molar-refractivity contribution in [3.8, 4) is 0 Å². The highest BCUT2D eigenvalue weighted by atomic mass is 35.5. The van der Waals surface area contributed by atoms with Crippen molar-refractivity contribution in [3.63, 3.8) is 0 Å². The molecule has 5 nitrogen and oxygen atoms in total. The summed E-state index contributed by atoms with van der Waals surface area (Å²) >= 11 is 1.18. The van der Waals surface area contributed by atoms with Crippen LogP contribution in [0.1, 0.15) is 35.1 Å². The van der Waals surface area contributed by atoms with Crippen LogP contribution in [0.4, 0.5) is 0 Å². The number of carbonyl (C=O) groups excluding carboxylic acids is 1. The molecule has 1 amide bonds. The number of rotatable bonds is 2. The third kappa shape index (κ3) is 3.14. The van der Waals surface area contributed by atoms with Crippen LogP contribution in [0, 0.1) is 0 Å². The first-order valence-electron chi connectivity index (χ1n) is 5.58. The number of aromatic nitrogens is 2. The van der Waals surface area contributed by atoms with Crippen molar-refractivity contribution in [2.45, 2.75) is 32.2 Å². The Morgan fingerprint density at radius 3 is 3.06 bits per heavy atom. The maximum absolute atomic E-state index is 12.2. The fraction of sp³-hybridized carbons (Fsp3) is 0.700. The zero-order valence-electron chi connectivity index (χ0n) is 9.76. The van der Waals surface area contributed by atoms with Crippen LogP contribution in [0.15, 0.2) is 0 Å². The second-order valence-corrected chi connectivity index (χ2v) is 4.81. The lowest BCUT2D eigenvalue weighted by Crippen LogP contribution is -2.45. The van der Waals surface area contributed by atoms with Crippen molar-refractivity contribution in [1.82, 2.24) is 14.5 Å². The number of carbonyl (C=O) groups is 1. The summed E-state index contributed by atoms with van der Waals surface area (Å²) in [7, 11) is 0. The van der Waals surface area contributed by atoms with Gasteiger partial charge in [-0.1, -0.05) is 11.4 Å². The standard InChI is InChI=1S/C10H16N4OS.ClH/c1-2-8-9(16-13-12-8)10(15)14-5-3-4-7(11)6-14;/h7H,2-6,11H2,1H3;1H/t7-;/m1./s1. The summed E-state index contributed by atoms with van der Waals surface area (Å²) in [6.45, 7) is 3.43.